The topological polar surface area (TPSA) is 67.7 Å². The molecule has 0 unspecified atom stereocenters. The monoisotopic (exact) mass is 188 g/mol. The van der Waals surface area contributed by atoms with Crippen molar-refractivity contribution in [3.05, 3.63) is 17.5 Å². The third kappa shape index (κ3) is 1.98. The van der Waals surface area contributed by atoms with Gasteiger partial charge >= 0.3 is 0 Å². The maximum Gasteiger partial charge on any atom is 0.126 e. The highest BCUT2D eigenvalue weighted by Gasteiger charge is 2.05. The molecular weight excluding hydrogens is 176 g/mol. The van der Waals surface area contributed by atoms with E-state index in [4.69, 9.17) is 11.1 Å². The van der Waals surface area contributed by atoms with Gasteiger partial charge in [-0.2, -0.15) is 5.10 Å². The number of nitrogens with two attached hydrogens (primary N) is 1. The van der Waals surface area contributed by atoms with Crippen molar-refractivity contribution in [1.29, 1.82) is 5.41 Å². The Bertz CT molecular complexity index is 279. The predicted molar refractivity (Wildman–Crippen MR) is 50.9 cm³/mol. The van der Waals surface area contributed by atoms with Crippen LogP contribution in [0.25, 0.3) is 0 Å². The van der Waals surface area contributed by atoms with E-state index in [1.54, 1.807) is 10.9 Å². The van der Waals surface area contributed by atoms with Crippen LogP contribution in [0.3, 0.4) is 0 Å². The largest absolute Gasteiger partial charge is 0.384 e. The summed E-state index contributed by atoms with van der Waals surface area (Å²) in [7, 11) is 0. The molecule has 0 aliphatic carbocycles. The van der Waals surface area contributed by atoms with Crippen molar-refractivity contribution in [1.82, 2.24) is 9.78 Å². The van der Waals surface area contributed by atoms with Gasteiger partial charge < -0.3 is 5.73 Å². The number of nitrogen functional groups attached to an aromatic ring is 1. The minimum absolute atomic E-state index is 0. The molecule has 1 heterocycles. The van der Waals surface area contributed by atoms with Crippen molar-refractivity contribution in [2.45, 2.75) is 20.4 Å². The lowest BCUT2D eigenvalue weighted by Crippen LogP contribution is -2.11. The van der Waals surface area contributed by atoms with E-state index in [0.29, 0.717) is 0 Å². The van der Waals surface area contributed by atoms with Crippen molar-refractivity contribution in [2.75, 3.05) is 0 Å². The number of halogens is 1. The van der Waals surface area contributed by atoms with E-state index in [9.17, 15) is 0 Å². The lowest BCUT2D eigenvalue weighted by Gasteiger charge is -1.90. The first-order valence-corrected chi connectivity index (χ1v) is 3.53. The number of hydrogen-bond donors (Lipinski definition) is 2. The van der Waals surface area contributed by atoms with Gasteiger partial charge in [-0.15, -0.1) is 12.4 Å². The van der Waals surface area contributed by atoms with Crippen LogP contribution >= 0.6 is 12.4 Å². The minimum atomic E-state index is 0. The molecule has 1 aromatic rings. The normalized spacial score (nSPS) is 9.17. The summed E-state index contributed by atoms with van der Waals surface area (Å²) in [5, 5.41) is 11.3. The van der Waals surface area contributed by atoms with E-state index in [1.165, 1.54) is 0 Å². The summed E-state index contributed by atoms with van der Waals surface area (Å²) < 4.78 is 1.77. The summed E-state index contributed by atoms with van der Waals surface area (Å²) in [6.45, 7) is 4.66. The maximum absolute atomic E-state index is 7.19. The minimum Gasteiger partial charge on any atom is -0.384 e. The van der Waals surface area contributed by atoms with E-state index < -0.39 is 0 Å². The first-order valence-electron chi connectivity index (χ1n) is 3.53. The Labute approximate surface area is 77.7 Å². The van der Waals surface area contributed by atoms with E-state index >= 15 is 0 Å². The second-order valence-electron chi connectivity index (χ2n) is 2.40. The molecule has 0 aliphatic heterocycles. The smallest absolute Gasteiger partial charge is 0.126 e. The molecule has 0 aliphatic rings. The number of aryl methyl sites for hydroxylation is 2. The molecule has 0 amide bonds. The first-order chi connectivity index (χ1) is 5.15. The zero-order chi connectivity index (χ0) is 8.43. The van der Waals surface area contributed by atoms with E-state index in [0.717, 1.165) is 17.8 Å². The van der Waals surface area contributed by atoms with Crippen LogP contribution in [0.1, 0.15) is 18.2 Å². The second-order valence-corrected chi connectivity index (χ2v) is 2.40. The lowest BCUT2D eigenvalue weighted by molar-refractivity contribution is 0.653. The molecular formula is C7H13ClN4. The highest BCUT2D eigenvalue weighted by atomic mass is 35.5. The van der Waals surface area contributed by atoms with Gasteiger partial charge in [-0.05, 0) is 13.8 Å². The van der Waals surface area contributed by atoms with Gasteiger partial charge in [-0.25, -0.2) is 0 Å². The average Bonchev–Trinajstić information content (AvgIpc) is 2.30. The van der Waals surface area contributed by atoms with Crippen LogP contribution in [0.2, 0.25) is 0 Å². The van der Waals surface area contributed by atoms with Crippen LogP contribution in [0.4, 0.5) is 0 Å². The lowest BCUT2D eigenvalue weighted by atomic mass is 10.2. The molecule has 5 heteroatoms. The highest BCUT2D eigenvalue weighted by molar-refractivity contribution is 5.95. The molecule has 0 atom stereocenters. The SMILES string of the molecule is CCn1cc(C(=N)N)c(C)n1.Cl. The molecule has 0 saturated heterocycles. The van der Waals surface area contributed by atoms with Crippen LogP contribution in [0, 0.1) is 12.3 Å². The summed E-state index contributed by atoms with van der Waals surface area (Å²) in [4.78, 5) is 0. The van der Waals surface area contributed by atoms with Gasteiger partial charge in [0.2, 0.25) is 0 Å². The van der Waals surface area contributed by atoms with Crippen LogP contribution < -0.4 is 5.73 Å². The Morgan fingerprint density at radius 2 is 2.33 bits per heavy atom. The van der Waals surface area contributed by atoms with Crippen molar-refractivity contribution >= 4 is 18.2 Å². The Morgan fingerprint density at radius 3 is 2.58 bits per heavy atom. The maximum atomic E-state index is 7.19. The van der Waals surface area contributed by atoms with Crippen molar-refractivity contribution in [2.24, 2.45) is 5.73 Å². The fourth-order valence-corrected chi connectivity index (χ4v) is 0.944. The molecule has 12 heavy (non-hydrogen) atoms. The molecule has 0 spiro atoms. The van der Waals surface area contributed by atoms with Gasteiger partial charge in [-0.1, -0.05) is 0 Å². The Morgan fingerprint density at radius 1 is 1.75 bits per heavy atom. The van der Waals surface area contributed by atoms with E-state index in [2.05, 4.69) is 5.10 Å². The molecule has 0 bridgehead atoms. The van der Waals surface area contributed by atoms with Gasteiger partial charge in [0.1, 0.15) is 5.84 Å². The number of rotatable bonds is 2. The highest BCUT2D eigenvalue weighted by Crippen LogP contribution is 2.03. The molecule has 0 fully saturated rings. The van der Waals surface area contributed by atoms with Crippen molar-refractivity contribution in [3.63, 3.8) is 0 Å². The van der Waals surface area contributed by atoms with Gasteiger partial charge in [0.25, 0.3) is 0 Å². The number of nitrogens with zero attached hydrogens (tertiary/aromatic N) is 2. The molecule has 1 aromatic heterocycles. The zero-order valence-corrected chi connectivity index (χ0v) is 7.98. The third-order valence-corrected chi connectivity index (χ3v) is 1.56. The number of hydrogen-bond acceptors (Lipinski definition) is 2. The number of nitrogens with one attached hydrogen (secondary N) is 1. The van der Waals surface area contributed by atoms with Crippen molar-refractivity contribution in [3.8, 4) is 0 Å². The fourth-order valence-electron chi connectivity index (χ4n) is 0.944. The predicted octanol–water partition coefficient (Wildman–Crippen LogP) is 0.917. The summed E-state index contributed by atoms with van der Waals surface area (Å²) in [6.07, 6.45) is 1.79. The Hall–Kier alpha value is -1.03. The number of amidine groups is 1. The average molecular weight is 189 g/mol. The summed E-state index contributed by atoms with van der Waals surface area (Å²) in [5.74, 6) is 0.0854. The molecule has 0 aromatic carbocycles. The molecule has 68 valence electrons. The quantitative estimate of drug-likeness (QED) is 0.535. The van der Waals surface area contributed by atoms with Crippen LogP contribution in [0.15, 0.2) is 6.20 Å². The van der Waals surface area contributed by atoms with Gasteiger partial charge in [0.15, 0.2) is 0 Å². The van der Waals surface area contributed by atoms with E-state index in [1.807, 2.05) is 13.8 Å². The van der Waals surface area contributed by atoms with Crippen LogP contribution in [-0.4, -0.2) is 15.6 Å². The third-order valence-electron chi connectivity index (χ3n) is 1.56. The van der Waals surface area contributed by atoms with Gasteiger partial charge in [0.05, 0.1) is 11.3 Å². The molecule has 0 radical (unpaired) electrons. The molecule has 4 nitrogen and oxygen atoms in total. The number of aromatic nitrogens is 2. The second kappa shape index (κ2) is 4.11. The van der Waals surface area contributed by atoms with Gasteiger partial charge in [0, 0.05) is 12.7 Å². The van der Waals surface area contributed by atoms with Crippen LogP contribution in [-0.2, 0) is 6.54 Å². The summed E-state index contributed by atoms with van der Waals surface area (Å²) >= 11 is 0. The Kier molecular flexibility index (Phi) is 3.76. The van der Waals surface area contributed by atoms with Crippen LogP contribution in [0.5, 0.6) is 0 Å². The Balaban J connectivity index is 0.00000121. The molecule has 0 saturated carbocycles. The zero-order valence-electron chi connectivity index (χ0n) is 7.16. The van der Waals surface area contributed by atoms with Gasteiger partial charge in [-0.3, -0.25) is 10.1 Å². The molecule has 3 N–H and O–H groups in total. The standard InChI is InChI=1S/C7H12N4.ClH/c1-3-11-4-6(7(8)9)5(2)10-11;/h4H,3H2,1-2H3,(H3,8,9);1H. The fraction of sp³-hybridized carbons (Fsp3) is 0.429. The van der Waals surface area contributed by atoms with E-state index in [-0.39, 0.29) is 18.2 Å². The van der Waals surface area contributed by atoms with Crippen molar-refractivity contribution < 1.29 is 0 Å². The first kappa shape index (κ1) is 11.0. The summed E-state index contributed by atoms with van der Waals surface area (Å²) in [6, 6.07) is 0. The molecule has 1 rings (SSSR count). The summed E-state index contributed by atoms with van der Waals surface area (Å²) in [5.41, 5.74) is 6.86.